The summed E-state index contributed by atoms with van der Waals surface area (Å²) in [5.74, 6) is 0.306. The molecule has 1 spiro atoms. The number of nitro benzene ring substituents is 1. The third-order valence-electron chi connectivity index (χ3n) is 18.1. The molecule has 0 unspecified atom stereocenters. The molecule has 82 heavy (non-hydrogen) atoms. The van der Waals surface area contributed by atoms with Crippen LogP contribution < -0.4 is 34.0 Å². The number of nitrogens with one attached hydrogen (secondary N) is 3. The van der Waals surface area contributed by atoms with Crippen LogP contribution >= 0.6 is 0 Å². The van der Waals surface area contributed by atoms with Crippen LogP contribution in [0.3, 0.4) is 0 Å². The molecule has 1 aliphatic carbocycles. The number of aromatic amines is 1. The van der Waals surface area contributed by atoms with Crippen LogP contribution in [0.5, 0.6) is 17.4 Å². The van der Waals surface area contributed by atoms with E-state index in [4.69, 9.17) is 28.7 Å². The third-order valence-corrected chi connectivity index (χ3v) is 19.4. The van der Waals surface area contributed by atoms with Crippen molar-refractivity contribution in [3.63, 3.8) is 0 Å². The number of anilines is 4. The van der Waals surface area contributed by atoms with Gasteiger partial charge in [-0.15, -0.1) is 0 Å². The van der Waals surface area contributed by atoms with Crippen molar-refractivity contribution in [2.75, 3.05) is 80.9 Å². The minimum Gasteiger partial charge on any atom is -0.491 e. The number of nitro groups is 1. The zero-order valence-corrected chi connectivity index (χ0v) is 47.3. The summed E-state index contributed by atoms with van der Waals surface area (Å²) in [6.45, 7) is 12.9. The van der Waals surface area contributed by atoms with Crippen LogP contribution in [-0.4, -0.2) is 135 Å². The van der Waals surface area contributed by atoms with E-state index in [9.17, 15) is 27.7 Å². The zero-order valence-electron chi connectivity index (χ0n) is 46.5. The van der Waals surface area contributed by atoms with E-state index in [0.29, 0.717) is 61.7 Å². The molecule has 21 heteroatoms. The predicted octanol–water partition coefficient (Wildman–Crippen LogP) is 9.42. The molecular formula is C61H70FN9O10S. The number of H-pyrrole nitrogens is 1. The molecule has 2 aromatic heterocycles. The molecule has 7 aliphatic rings. The van der Waals surface area contributed by atoms with Crippen molar-refractivity contribution < 1.29 is 46.2 Å². The molecule has 1 amide bonds. The number of rotatable bonds is 13. The van der Waals surface area contributed by atoms with Gasteiger partial charge in [-0.2, -0.15) is 4.98 Å². The largest absolute Gasteiger partial charge is 0.491 e. The fourth-order valence-corrected chi connectivity index (χ4v) is 15.0. The van der Waals surface area contributed by atoms with Crippen molar-refractivity contribution in [2.24, 2.45) is 11.3 Å². The summed E-state index contributed by atoms with van der Waals surface area (Å²) in [5, 5.41) is 16.7. The number of aromatic nitrogens is 2. The van der Waals surface area contributed by atoms with Gasteiger partial charge in [0.25, 0.3) is 21.6 Å². The molecule has 5 fully saturated rings. The molecular weight excluding hydrogens is 1070 g/mol. The van der Waals surface area contributed by atoms with Crippen LogP contribution in [0.15, 0.2) is 96.0 Å². The summed E-state index contributed by atoms with van der Waals surface area (Å²) in [4.78, 5) is 44.0. The molecule has 432 valence electrons. The van der Waals surface area contributed by atoms with Gasteiger partial charge in [0.2, 0.25) is 5.88 Å². The van der Waals surface area contributed by atoms with Gasteiger partial charge in [0.1, 0.15) is 35.6 Å². The standard InChI is InChI=1S/C61H70FN9O10S/c1-37(2)80-54-7-5-4-6-46(54)53-34-67(33-39-24-38(3)25-42(62)26-39)19-20-69(53)44-31-61(32-44)14-17-68(18-15-61)43-8-9-47(50(28-43)70-49-13-23-78-36-56(49)81-60-52(70)27-41-10-16-63-58(41)65-60)59(72)66-82(75,76)45-29-51(71(73)74)57-55(30-45)79-35-48(64-57)40-11-21-77-22-12-40/h4-10,16,24-30,37,40,44,48-49,53,56,64H,11-15,17-23,31-36H2,1-3H3,(H,63,65)(H,66,72)/t48-,49-,53-,56-/m0/s1. The molecule has 4 saturated heterocycles. The molecule has 6 aromatic rings. The van der Waals surface area contributed by atoms with Crippen LogP contribution in [0.4, 0.5) is 32.8 Å². The lowest BCUT2D eigenvalue weighted by Crippen LogP contribution is -2.59. The maximum absolute atomic E-state index is 14.9. The van der Waals surface area contributed by atoms with E-state index in [1.165, 1.54) is 11.6 Å². The summed E-state index contributed by atoms with van der Waals surface area (Å²) in [6, 6.07) is 25.3. The predicted molar refractivity (Wildman–Crippen MR) is 307 cm³/mol. The lowest BCUT2D eigenvalue weighted by atomic mass is 9.59. The molecule has 4 aromatic carbocycles. The number of hydrogen-bond acceptors (Lipinski definition) is 16. The van der Waals surface area contributed by atoms with Crippen LogP contribution in [-0.2, 0) is 26.0 Å². The van der Waals surface area contributed by atoms with Crippen molar-refractivity contribution in [1.82, 2.24) is 24.5 Å². The Morgan fingerprint density at radius 3 is 2.54 bits per heavy atom. The highest BCUT2D eigenvalue weighted by Gasteiger charge is 2.51. The number of carbonyl (C=O) groups is 1. The monoisotopic (exact) mass is 1140 g/mol. The highest BCUT2D eigenvalue weighted by atomic mass is 32.2. The van der Waals surface area contributed by atoms with Gasteiger partial charge in [-0.25, -0.2) is 17.5 Å². The number of aryl methyl sites for hydroxylation is 1. The molecule has 1 saturated carbocycles. The van der Waals surface area contributed by atoms with E-state index in [-0.39, 0.29) is 71.6 Å². The molecule has 19 nitrogen and oxygen atoms in total. The highest BCUT2D eigenvalue weighted by Crippen LogP contribution is 2.54. The number of piperidine rings is 1. The summed E-state index contributed by atoms with van der Waals surface area (Å²) in [7, 11) is -4.72. The Hall–Kier alpha value is -7.04. The van der Waals surface area contributed by atoms with Crippen LogP contribution in [0.25, 0.3) is 11.0 Å². The van der Waals surface area contributed by atoms with E-state index in [2.05, 4.69) is 72.7 Å². The SMILES string of the molecule is Cc1cc(F)cc(CN2CCN(C3CC4(CCN(c5ccc(C(=O)NS(=O)(=O)c6cc7c(c([N+](=O)[O-])c6)N[C@H](C6CCOCC6)CO7)c(N6c7cc8cc[nH]c8nc7O[C@H]7COCC[C@@H]76)c5)CC4)C3)[C@H](c3ccccc3OC(C)C)C2)c1. The van der Waals surface area contributed by atoms with E-state index in [1.807, 2.05) is 37.3 Å². The number of nitrogens with zero attached hydrogens (tertiary/aromatic N) is 6. The number of hydrogen-bond donors (Lipinski definition) is 3. The smallest absolute Gasteiger partial charge is 0.297 e. The molecule has 0 bridgehead atoms. The van der Waals surface area contributed by atoms with Gasteiger partial charge in [0, 0.05) is 100 Å². The lowest BCUT2D eigenvalue weighted by molar-refractivity contribution is -0.384. The van der Waals surface area contributed by atoms with Gasteiger partial charge in [-0.05, 0) is 137 Å². The summed E-state index contributed by atoms with van der Waals surface area (Å²) < 4.78 is 76.3. The van der Waals surface area contributed by atoms with Gasteiger partial charge in [0.15, 0.2) is 11.4 Å². The van der Waals surface area contributed by atoms with Crippen LogP contribution in [0.1, 0.15) is 91.9 Å². The maximum atomic E-state index is 14.9. The van der Waals surface area contributed by atoms with Crippen molar-refractivity contribution in [2.45, 2.75) is 114 Å². The van der Waals surface area contributed by atoms with Crippen LogP contribution in [0.2, 0.25) is 0 Å². The van der Waals surface area contributed by atoms with E-state index in [0.717, 1.165) is 105 Å². The van der Waals surface area contributed by atoms with E-state index in [1.54, 1.807) is 24.4 Å². The van der Waals surface area contributed by atoms with E-state index < -0.39 is 37.5 Å². The van der Waals surface area contributed by atoms with Crippen molar-refractivity contribution in [3.05, 3.63) is 129 Å². The number of ether oxygens (including phenoxy) is 5. The van der Waals surface area contributed by atoms with Crippen molar-refractivity contribution in [3.8, 4) is 17.4 Å². The number of fused-ring (bicyclic) bond motifs is 4. The number of para-hydroxylation sites is 1. The molecule has 13 rings (SSSR count). The Morgan fingerprint density at radius 2 is 1.74 bits per heavy atom. The second kappa shape index (κ2) is 21.9. The lowest BCUT2D eigenvalue weighted by Gasteiger charge is -2.58. The fourth-order valence-electron chi connectivity index (χ4n) is 14.0. The van der Waals surface area contributed by atoms with Gasteiger partial charge >= 0.3 is 0 Å². The number of halogens is 1. The molecule has 0 radical (unpaired) electrons. The second-order valence-electron chi connectivity index (χ2n) is 23.8. The number of carbonyl (C=O) groups excluding carboxylic acids is 1. The van der Waals surface area contributed by atoms with Gasteiger partial charge in [0.05, 0.1) is 51.9 Å². The Kier molecular flexibility index (Phi) is 14.5. The third kappa shape index (κ3) is 10.6. The number of piperazine rings is 1. The van der Waals surface area contributed by atoms with Crippen molar-refractivity contribution in [1.29, 1.82) is 0 Å². The number of pyridine rings is 1. The summed E-state index contributed by atoms with van der Waals surface area (Å²) in [5.41, 5.74) is 5.54. The van der Waals surface area contributed by atoms with Gasteiger partial charge in [-0.1, -0.05) is 24.3 Å². The topological polar surface area (TPSA) is 206 Å². The molecule has 6 aliphatic heterocycles. The minimum atomic E-state index is -4.72. The normalized spacial score (nSPS) is 23.2. The van der Waals surface area contributed by atoms with Gasteiger partial charge in [-0.3, -0.25) is 24.7 Å². The molecule has 3 N–H and O–H groups in total. The fraction of sp³-hybridized carbons (Fsp3) is 0.475. The van der Waals surface area contributed by atoms with Gasteiger partial charge < -0.3 is 43.8 Å². The average molecular weight is 1140 g/mol. The second-order valence-corrected chi connectivity index (χ2v) is 25.5. The van der Waals surface area contributed by atoms with Crippen LogP contribution in [0, 0.1) is 34.2 Å². The number of benzene rings is 4. The molecule has 4 atom stereocenters. The minimum absolute atomic E-state index is 0.0157. The first-order chi connectivity index (χ1) is 39.6. The summed E-state index contributed by atoms with van der Waals surface area (Å²) in [6.07, 6.45) is 7.50. The Labute approximate surface area is 476 Å². The summed E-state index contributed by atoms with van der Waals surface area (Å²) >= 11 is 0. The highest BCUT2D eigenvalue weighted by molar-refractivity contribution is 7.90. The average Bonchev–Trinajstić information content (AvgIpc) is 3.79. The first-order valence-corrected chi connectivity index (χ1v) is 30.4. The van der Waals surface area contributed by atoms with Crippen molar-refractivity contribution >= 4 is 55.4 Å². The first kappa shape index (κ1) is 54.2. The first-order valence-electron chi connectivity index (χ1n) is 28.9. The van der Waals surface area contributed by atoms with E-state index >= 15 is 0 Å². The Balaban J connectivity index is 0.774. The Bertz CT molecular complexity index is 3500. The maximum Gasteiger partial charge on any atom is 0.297 e. The quantitative estimate of drug-likeness (QED) is 0.0727. The molecule has 8 heterocycles. The zero-order chi connectivity index (χ0) is 56.4. The number of amides is 1. The number of sulfonamides is 1. The Morgan fingerprint density at radius 1 is 0.939 bits per heavy atom.